The smallest absolute Gasteiger partial charge is 0.186 e. The van der Waals surface area contributed by atoms with Gasteiger partial charge in [-0.3, -0.25) is 0 Å². The topological polar surface area (TPSA) is 71.4 Å². The van der Waals surface area contributed by atoms with E-state index in [1.54, 1.807) is 0 Å². The van der Waals surface area contributed by atoms with E-state index in [1.165, 1.54) is 24.3 Å². The molecule has 0 radical (unpaired) electrons. The Bertz CT molecular complexity index is 418. The van der Waals surface area contributed by atoms with Crippen molar-refractivity contribution in [1.29, 1.82) is 0 Å². The van der Waals surface area contributed by atoms with E-state index in [0.29, 0.717) is 0 Å². The third kappa shape index (κ3) is 2.61. The summed E-state index contributed by atoms with van der Waals surface area (Å²) >= 11 is -2.06. The van der Waals surface area contributed by atoms with Crippen LogP contribution < -0.4 is 0 Å². The fourth-order valence-corrected chi connectivity index (χ4v) is 1.80. The summed E-state index contributed by atoms with van der Waals surface area (Å²) in [5, 5.41) is 0. The third-order valence-electron chi connectivity index (χ3n) is 1.45. The minimum atomic E-state index is -3.23. The maximum absolute atomic E-state index is 11.0. The standard InChI is InChI=1S/C7H8O4S2/c1-13(10,11)7-4-2-6(3-5-7)12(8)9/h2-5H,1H3,(H,8,9). The van der Waals surface area contributed by atoms with Gasteiger partial charge in [0.2, 0.25) is 0 Å². The number of benzene rings is 1. The Hall–Kier alpha value is -0.720. The molecule has 0 fully saturated rings. The van der Waals surface area contributed by atoms with E-state index in [0.717, 1.165) is 6.26 Å². The third-order valence-corrected chi connectivity index (χ3v) is 3.26. The van der Waals surface area contributed by atoms with Crippen LogP contribution in [0.25, 0.3) is 0 Å². The summed E-state index contributed by atoms with van der Waals surface area (Å²) in [5.74, 6) is 0. The monoisotopic (exact) mass is 220 g/mol. The zero-order valence-electron chi connectivity index (χ0n) is 6.80. The first-order valence-corrected chi connectivity index (χ1v) is 6.32. The summed E-state index contributed by atoms with van der Waals surface area (Å²) in [6.45, 7) is 0. The zero-order valence-corrected chi connectivity index (χ0v) is 8.43. The maximum atomic E-state index is 11.0. The fourth-order valence-electron chi connectivity index (χ4n) is 0.803. The second-order valence-corrected chi connectivity index (χ2v) is 5.48. The molecule has 6 heteroatoms. The molecule has 0 bridgehead atoms. The molecule has 0 heterocycles. The molecule has 0 aliphatic rings. The lowest BCUT2D eigenvalue weighted by Crippen LogP contribution is -1.97. The predicted octanol–water partition coefficient (Wildman–Crippen LogP) is 0.671. The Kier molecular flexibility index (Phi) is 2.84. The molecule has 0 saturated heterocycles. The zero-order chi connectivity index (χ0) is 10.1. The van der Waals surface area contributed by atoms with Crippen LogP contribution in [-0.4, -0.2) is 23.4 Å². The van der Waals surface area contributed by atoms with E-state index in [2.05, 4.69) is 0 Å². The fraction of sp³-hybridized carbons (Fsp3) is 0.143. The Labute approximate surface area is 78.8 Å². The summed E-state index contributed by atoms with van der Waals surface area (Å²) in [7, 11) is -3.23. The predicted molar refractivity (Wildman–Crippen MR) is 48.6 cm³/mol. The summed E-state index contributed by atoms with van der Waals surface area (Å²) in [5.41, 5.74) is 0. The van der Waals surface area contributed by atoms with Crippen molar-refractivity contribution >= 4 is 20.9 Å². The maximum Gasteiger partial charge on any atom is 0.186 e. The second kappa shape index (κ2) is 3.57. The molecule has 13 heavy (non-hydrogen) atoms. The van der Waals surface area contributed by atoms with Gasteiger partial charge in [0, 0.05) is 6.26 Å². The highest BCUT2D eigenvalue weighted by Crippen LogP contribution is 2.11. The quantitative estimate of drug-likeness (QED) is 0.744. The molecule has 0 aliphatic heterocycles. The van der Waals surface area contributed by atoms with Crippen molar-refractivity contribution in [2.45, 2.75) is 9.79 Å². The van der Waals surface area contributed by atoms with Gasteiger partial charge in [-0.15, -0.1) is 0 Å². The Balaban J connectivity index is 3.16. The summed E-state index contributed by atoms with van der Waals surface area (Å²) < 4.78 is 41.1. The van der Waals surface area contributed by atoms with Gasteiger partial charge in [0.15, 0.2) is 20.9 Å². The number of sulfone groups is 1. The van der Waals surface area contributed by atoms with Gasteiger partial charge in [-0.2, -0.15) is 0 Å². The Morgan fingerprint density at radius 1 is 1.23 bits per heavy atom. The molecule has 1 aromatic carbocycles. The number of rotatable bonds is 2. The first-order valence-electron chi connectivity index (χ1n) is 3.32. The first-order chi connectivity index (χ1) is 5.91. The lowest BCUT2D eigenvalue weighted by molar-refractivity contribution is 0.564. The van der Waals surface area contributed by atoms with Crippen molar-refractivity contribution in [2.24, 2.45) is 0 Å². The van der Waals surface area contributed by atoms with Gasteiger partial charge in [0.1, 0.15) is 0 Å². The Morgan fingerprint density at radius 2 is 1.69 bits per heavy atom. The van der Waals surface area contributed by atoms with Crippen molar-refractivity contribution in [3.8, 4) is 0 Å². The highest BCUT2D eigenvalue weighted by molar-refractivity contribution is 7.90. The molecule has 0 amide bonds. The summed E-state index contributed by atoms with van der Waals surface area (Å²) in [4.78, 5) is 0.328. The van der Waals surface area contributed by atoms with Gasteiger partial charge in [-0.05, 0) is 24.3 Å². The van der Waals surface area contributed by atoms with Crippen molar-refractivity contribution < 1.29 is 17.2 Å². The minimum absolute atomic E-state index is 0.140. The molecule has 1 aromatic rings. The molecule has 0 saturated carbocycles. The molecule has 1 unspecified atom stereocenters. The van der Waals surface area contributed by atoms with Crippen LogP contribution in [0.4, 0.5) is 0 Å². The highest BCUT2D eigenvalue weighted by Gasteiger charge is 2.07. The van der Waals surface area contributed by atoms with Crippen molar-refractivity contribution in [2.75, 3.05) is 6.26 Å². The summed E-state index contributed by atoms with van der Waals surface area (Å²) in [6, 6.07) is 5.23. The van der Waals surface area contributed by atoms with E-state index in [-0.39, 0.29) is 9.79 Å². The van der Waals surface area contributed by atoms with Gasteiger partial charge < -0.3 is 4.55 Å². The molecule has 0 aromatic heterocycles. The molecule has 0 aliphatic carbocycles. The molecule has 1 atom stereocenters. The van der Waals surface area contributed by atoms with Crippen LogP contribution in [0.5, 0.6) is 0 Å². The molecule has 1 rings (SSSR count). The van der Waals surface area contributed by atoms with Crippen LogP contribution in [0.3, 0.4) is 0 Å². The molecular formula is C7H8O4S2. The van der Waals surface area contributed by atoms with E-state index < -0.39 is 20.9 Å². The lowest BCUT2D eigenvalue weighted by atomic mass is 10.4. The number of hydrogen-bond donors (Lipinski definition) is 1. The summed E-state index contributed by atoms with van der Waals surface area (Å²) in [6.07, 6.45) is 1.08. The van der Waals surface area contributed by atoms with Crippen LogP contribution in [0.15, 0.2) is 34.1 Å². The molecule has 72 valence electrons. The molecule has 1 N–H and O–H groups in total. The van der Waals surface area contributed by atoms with E-state index in [9.17, 15) is 12.6 Å². The van der Waals surface area contributed by atoms with Crippen molar-refractivity contribution in [3.05, 3.63) is 24.3 Å². The van der Waals surface area contributed by atoms with Crippen LogP contribution in [0, 0.1) is 0 Å². The largest absolute Gasteiger partial charge is 0.302 e. The van der Waals surface area contributed by atoms with Crippen LogP contribution in [0.1, 0.15) is 0 Å². The van der Waals surface area contributed by atoms with Crippen molar-refractivity contribution in [3.63, 3.8) is 0 Å². The lowest BCUT2D eigenvalue weighted by Gasteiger charge is -1.98. The average molecular weight is 220 g/mol. The normalized spacial score (nSPS) is 14.0. The van der Waals surface area contributed by atoms with E-state index in [4.69, 9.17) is 4.55 Å². The SMILES string of the molecule is CS(=O)(=O)c1ccc(S(=O)O)cc1. The average Bonchev–Trinajstić information content (AvgIpc) is 2.03. The van der Waals surface area contributed by atoms with Gasteiger partial charge in [-0.1, -0.05) is 0 Å². The van der Waals surface area contributed by atoms with Crippen molar-refractivity contribution in [1.82, 2.24) is 0 Å². The molecular weight excluding hydrogens is 212 g/mol. The van der Waals surface area contributed by atoms with Crippen LogP contribution >= 0.6 is 0 Å². The van der Waals surface area contributed by atoms with Gasteiger partial charge in [-0.25, -0.2) is 12.6 Å². The van der Waals surface area contributed by atoms with Gasteiger partial charge in [0.05, 0.1) is 9.79 Å². The highest BCUT2D eigenvalue weighted by atomic mass is 32.2. The van der Waals surface area contributed by atoms with E-state index >= 15 is 0 Å². The van der Waals surface area contributed by atoms with Gasteiger partial charge >= 0.3 is 0 Å². The molecule has 0 spiro atoms. The van der Waals surface area contributed by atoms with E-state index in [1.807, 2.05) is 0 Å². The Morgan fingerprint density at radius 3 is 2.00 bits per heavy atom. The van der Waals surface area contributed by atoms with Crippen LogP contribution in [-0.2, 0) is 20.9 Å². The van der Waals surface area contributed by atoms with Gasteiger partial charge in [0.25, 0.3) is 0 Å². The second-order valence-electron chi connectivity index (χ2n) is 2.49. The minimum Gasteiger partial charge on any atom is -0.302 e. The first kappa shape index (κ1) is 10.4. The molecule has 4 nitrogen and oxygen atoms in total. The number of hydrogen-bond acceptors (Lipinski definition) is 3. The van der Waals surface area contributed by atoms with Crippen LogP contribution in [0.2, 0.25) is 0 Å².